The van der Waals surface area contributed by atoms with E-state index < -0.39 is 15.6 Å². The van der Waals surface area contributed by atoms with E-state index in [1.807, 2.05) is 13.8 Å². The van der Waals surface area contributed by atoms with E-state index in [0.717, 1.165) is 22.9 Å². The fraction of sp³-hybridized carbons (Fsp3) is 0.538. The van der Waals surface area contributed by atoms with Gasteiger partial charge in [0.1, 0.15) is 0 Å². The Bertz CT molecular complexity index is 610. The van der Waals surface area contributed by atoms with Crippen molar-refractivity contribution in [1.82, 2.24) is 4.72 Å². The number of hydrogen-bond donors (Lipinski definition) is 1. The molecule has 0 spiro atoms. The van der Waals surface area contributed by atoms with E-state index in [2.05, 4.69) is 36.6 Å². The van der Waals surface area contributed by atoms with E-state index >= 15 is 0 Å². The van der Waals surface area contributed by atoms with Crippen molar-refractivity contribution in [1.29, 1.82) is 0 Å². The van der Waals surface area contributed by atoms with Gasteiger partial charge in [-0.1, -0.05) is 15.9 Å². The normalized spacial score (nSPS) is 23.8. The third-order valence-corrected chi connectivity index (χ3v) is 6.77. The van der Waals surface area contributed by atoms with Crippen molar-refractivity contribution in [3.63, 3.8) is 0 Å². The maximum absolute atomic E-state index is 12.6. The van der Waals surface area contributed by atoms with Gasteiger partial charge < -0.3 is 4.74 Å². The van der Waals surface area contributed by atoms with Gasteiger partial charge in [-0.15, -0.1) is 0 Å². The van der Waals surface area contributed by atoms with Gasteiger partial charge in [-0.05, 0) is 60.3 Å². The van der Waals surface area contributed by atoms with Crippen LogP contribution < -0.4 is 4.72 Å². The quantitative estimate of drug-likeness (QED) is 0.805. The lowest BCUT2D eigenvalue weighted by Gasteiger charge is -2.34. The monoisotopic (exact) mass is 425 g/mol. The molecule has 1 unspecified atom stereocenters. The Morgan fingerprint density at radius 1 is 1.30 bits per heavy atom. The lowest BCUT2D eigenvalue weighted by atomic mass is 9.97. The lowest BCUT2D eigenvalue weighted by Crippen LogP contribution is -2.51. The minimum absolute atomic E-state index is 0.238. The molecule has 0 radical (unpaired) electrons. The average molecular weight is 427 g/mol. The van der Waals surface area contributed by atoms with Crippen molar-refractivity contribution < 1.29 is 13.2 Å². The molecule has 0 aromatic heterocycles. The molecule has 0 saturated carbocycles. The first-order valence-electron chi connectivity index (χ1n) is 6.31. The number of nitrogens with one attached hydrogen (secondary N) is 1. The summed E-state index contributed by atoms with van der Waals surface area (Å²) in [6.45, 7) is 4.88. The summed E-state index contributed by atoms with van der Waals surface area (Å²) in [6.07, 6.45) is 1.63. The molecule has 1 saturated heterocycles. The molecule has 4 nitrogen and oxygen atoms in total. The van der Waals surface area contributed by atoms with Gasteiger partial charge in [0, 0.05) is 15.6 Å². The van der Waals surface area contributed by atoms with Crippen LogP contribution in [0.3, 0.4) is 0 Å². The molecule has 1 N–H and O–H groups in total. The number of benzene rings is 1. The number of ether oxygens (including phenoxy) is 1. The molecule has 1 fully saturated rings. The molecule has 1 atom stereocenters. The van der Waals surface area contributed by atoms with E-state index in [9.17, 15) is 8.42 Å². The van der Waals surface area contributed by atoms with Crippen LogP contribution in [0.15, 0.2) is 26.0 Å². The van der Waals surface area contributed by atoms with Gasteiger partial charge in [0.25, 0.3) is 0 Å². The molecule has 1 aromatic carbocycles. The van der Waals surface area contributed by atoms with Crippen LogP contribution in [0.4, 0.5) is 0 Å². The van der Waals surface area contributed by atoms with Crippen molar-refractivity contribution in [3.05, 3.63) is 26.6 Å². The Morgan fingerprint density at radius 3 is 2.60 bits per heavy atom. The summed E-state index contributed by atoms with van der Waals surface area (Å²) in [5.74, 6) is 0. The highest BCUT2D eigenvalue weighted by Gasteiger charge is 2.33. The Hall–Kier alpha value is 0.0500. The van der Waals surface area contributed by atoms with Crippen molar-refractivity contribution >= 4 is 41.9 Å². The second kappa shape index (κ2) is 6.04. The van der Waals surface area contributed by atoms with Gasteiger partial charge in [0.2, 0.25) is 10.0 Å². The second-order valence-corrected chi connectivity index (χ2v) is 8.71. The molecule has 0 amide bonds. The SMILES string of the molecule is Cc1cc(Br)c(S(=O)(=O)NC2(C)CCCOC2)cc1Br. The van der Waals surface area contributed by atoms with Gasteiger partial charge >= 0.3 is 0 Å². The summed E-state index contributed by atoms with van der Waals surface area (Å²) in [5, 5.41) is 0. The van der Waals surface area contributed by atoms with E-state index in [-0.39, 0.29) is 4.90 Å². The summed E-state index contributed by atoms with van der Waals surface area (Å²) in [6, 6.07) is 3.41. The average Bonchev–Trinajstić information content (AvgIpc) is 2.33. The van der Waals surface area contributed by atoms with Crippen LogP contribution in [0, 0.1) is 6.92 Å². The van der Waals surface area contributed by atoms with Crippen molar-refractivity contribution in [3.8, 4) is 0 Å². The summed E-state index contributed by atoms with van der Waals surface area (Å²) >= 11 is 6.70. The lowest BCUT2D eigenvalue weighted by molar-refractivity contribution is 0.0386. The van der Waals surface area contributed by atoms with Crippen molar-refractivity contribution in [2.24, 2.45) is 0 Å². The van der Waals surface area contributed by atoms with Crippen LogP contribution in [0.5, 0.6) is 0 Å². The molecule has 112 valence electrons. The topological polar surface area (TPSA) is 55.4 Å². The molecule has 1 aliphatic heterocycles. The summed E-state index contributed by atoms with van der Waals surface area (Å²) < 4.78 is 34.6. The fourth-order valence-electron chi connectivity index (χ4n) is 2.23. The maximum Gasteiger partial charge on any atom is 0.242 e. The Labute approximate surface area is 136 Å². The number of aryl methyl sites for hydroxylation is 1. The second-order valence-electron chi connectivity index (χ2n) is 5.35. The zero-order chi connectivity index (χ0) is 15.0. The van der Waals surface area contributed by atoms with Crippen LogP contribution in [0.2, 0.25) is 0 Å². The number of hydrogen-bond acceptors (Lipinski definition) is 3. The van der Waals surface area contributed by atoms with E-state index in [1.165, 1.54) is 0 Å². The first kappa shape index (κ1) is 16.4. The zero-order valence-corrected chi connectivity index (χ0v) is 15.4. The van der Waals surface area contributed by atoms with Gasteiger partial charge in [0.15, 0.2) is 0 Å². The molecule has 20 heavy (non-hydrogen) atoms. The van der Waals surface area contributed by atoms with Crippen molar-refractivity contribution in [2.75, 3.05) is 13.2 Å². The third-order valence-electron chi connectivity index (χ3n) is 3.32. The van der Waals surface area contributed by atoms with E-state index in [4.69, 9.17) is 4.74 Å². The highest BCUT2D eigenvalue weighted by atomic mass is 79.9. The summed E-state index contributed by atoms with van der Waals surface area (Å²) in [7, 11) is -3.60. The summed E-state index contributed by atoms with van der Waals surface area (Å²) in [5.41, 5.74) is 0.427. The van der Waals surface area contributed by atoms with Crippen LogP contribution in [-0.2, 0) is 14.8 Å². The molecule has 1 aliphatic rings. The van der Waals surface area contributed by atoms with Gasteiger partial charge in [-0.2, -0.15) is 0 Å². The van der Waals surface area contributed by atoms with Crippen LogP contribution in [-0.4, -0.2) is 27.2 Å². The van der Waals surface area contributed by atoms with Crippen LogP contribution in [0.25, 0.3) is 0 Å². The predicted molar refractivity (Wildman–Crippen MR) is 85.4 cm³/mol. The number of rotatable bonds is 3. The Balaban J connectivity index is 2.33. The molecule has 1 aromatic rings. The standard InChI is InChI=1S/C13H17Br2NO3S/c1-9-6-11(15)12(7-10(9)14)20(17,18)16-13(2)4-3-5-19-8-13/h6-7,16H,3-5,8H2,1-2H3. The Kier molecular flexibility index (Phi) is 4.96. The number of halogens is 2. The molecule has 0 bridgehead atoms. The van der Waals surface area contributed by atoms with Crippen LogP contribution >= 0.6 is 31.9 Å². The fourth-order valence-corrected chi connectivity index (χ4v) is 5.33. The largest absolute Gasteiger partial charge is 0.380 e. The maximum atomic E-state index is 12.6. The van der Waals surface area contributed by atoms with E-state index in [0.29, 0.717) is 17.7 Å². The third kappa shape index (κ3) is 3.62. The van der Waals surface area contributed by atoms with Gasteiger partial charge in [-0.25, -0.2) is 13.1 Å². The molecular formula is C13H17Br2NO3S. The molecule has 2 rings (SSSR count). The molecule has 7 heteroatoms. The zero-order valence-electron chi connectivity index (χ0n) is 11.4. The number of sulfonamides is 1. The van der Waals surface area contributed by atoms with Crippen molar-refractivity contribution in [2.45, 2.75) is 37.1 Å². The highest BCUT2D eigenvalue weighted by Crippen LogP contribution is 2.30. The molecule has 0 aliphatic carbocycles. The smallest absolute Gasteiger partial charge is 0.242 e. The Morgan fingerprint density at radius 2 is 2.00 bits per heavy atom. The van der Waals surface area contributed by atoms with Gasteiger partial charge in [0.05, 0.1) is 17.0 Å². The minimum Gasteiger partial charge on any atom is -0.380 e. The molecule has 1 heterocycles. The predicted octanol–water partition coefficient (Wildman–Crippen LogP) is 3.37. The highest BCUT2D eigenvalue weighted by molar-refractivity contribution is 9.11. The first-order chi connectivity index (χ1) is 9.23. The van der Waals surface area contributed by atoms with Gasteiger partial charge in [-0.3, -0.25) is 0 Å². The first-order valence-corrected chi connectivity index (χ1v) is 9.38. The van der Waals surface area contributed by atoms with E-state index in [1.54, 1.807) is 12.1 Å². The van der Waals surface area contributed by atoms with Crippen LogP contribution in [0.1, 0.15) is 25.3 Å². The summed E-state index contributed by atoms with van der Waals surface area (Å²) in [4.78, 5) is 0.238. The minimum atomic E-state index is -3.60. The molecular weight excluding hydrogens is 410 g/mol.